The van der Waals surface area contributed by atoms with Gasteiger partial charge in [0, 0.05) is 38.4 Å². The van der Waals surface area contributed by atoms with Gasteiger partial charge in [0.25, 0.3) is 0 Å². The van der Waals surface area contributed by atoms with E-state index in [0.29, 0.717) is 51.2 Å². The highest BCUT2D eigenvalue weighted by molar-refractivity contribution is 5.47. The molecule has 2 aromatic rings. The van der Waals surface area contributed by atoms with Gasteiger partial charge in [-0.15, -0.1) is 0 Å². The third-order valence-electron chi connectivity index (χ3n) is 6.52. The van der Waals surface area contributed by atoms with Crippen LogP contribution in [0.1, 0.15) is 19.3 Å². The molecule has 0 radical (unpaired) electrons. The van der Waals surface area contributed by atoms with E-state index in [1.165, 1.54) is 36.4 Å². The van der Waals surface area contributed by atoms with E-state index in [1.54, 1.807) is 6.07 Å². The molecule has 2 aromatic carbocycles. The van der Waals surface area contributed by atoms with Crippen LogP contribution < -0.4 is 9.64 Å². The van der Waals surface area contributed by atoms with Gasteiger partial charge in [-0.05, 0) is 61.7 Å². The minimum atomic E-state index is -1.49. The van der Waals surface area contributed by atoms with Gasteiger partial charge in [0.15, 0.2) is 0 Å². The van der Waals surface area contributed by atoms with Gasteiger partial charge in [-0.3, -0.25) is 4.90 Å². The summed E-state index contributed by atoms with van der Waals surface area (Å²) in [5.41, 5.74) is -1.61. The van der Waals surface area contributed by atoms with Crippen LogP contribution in [0.5, 0.6) is 5.75 Å². The van der Waals surface area contributed by atoms with E-state index in [9.17, 15) is 24.1 Å². The zero-order chi connectivity index (χ0) is 22.8. The van der Waals surface area contributed by atoms with Crippen molar-refractivity contribution >= 4 is 5.69 Å². The molecule has 0 spiro atoms. The molecule has 2 aliphatic heterocycles. The Hall–Kier alpha value is -2.26. The summed E-state index contributed by atoms with van der Waals surface area (Å²) in [5.74, 6) is -0.249. The molecule has 0 unspecified atom stereocenters. The molecular formula is C24H30F2N2O4. The summed E-state index contributed by atoms with van der Waals surface area (Å²) in [5, 5.41) is 32.6. The van der Waals surface area contributed by atoms with Gasteiger partial charge in [-0.2, -0.15) is 0 Å². The van der Waals surface area contributed by atoms with E-state index in [4.69, 9.17) is 4.74 Å². The number of likely N-dealkylation sites (tertiary alicyclic amines) is 1. The number of benzene rings is 2. The normalized spacial score (nSPS) is 26.2. The summed E-state index contributed by atoms with van der Waals surface area (Å²) < 4.78 is 32.2. The van der Waals surface area contributed by atoms with E-state index in [1.807, 2.05) is 11.0 Å². The number of β-amino-alcohol motifs (C(OH)–C–C–N with tert-alkyl or cyclic N) is 2. The van der Waals surface area contributed by atoms with Crippen LogP contribution in [0, 0.1) is 11.6 Å². The molecule has 0 bridgehead atoms. The van der Waals surface area contributed by atoms with Crippen LogP contribution in [0.4, 0.5) is 14.5 Å². The van der Waals surface area contributed by atoms with E-state index < -0.39 is 17.3 Å². The maximum Gasteiger partial charge on any atom is 0.137 e. The van der Waals surface area contributed by atoms with Crippen molar-refractivity contribution in [2.45, 2.75) is 36.6 Å². The SMILES string of the molecule is O[C@H]1CCN(CC2(O)CCN(c3cccc(F)c3)CC2)C[C@]1(O)COc1ccc(F)cc1. The Morgan fingerprint density at radius 1 is 0.969 bits per heavy atom. The highest BCUT2D eigenvalue weighted by atomic mass is 19.1. The monoisotopic (exact) mass is 448 g/mol. The Bertz CT molecular complexity index is 905. The molecule has 4 rings (SSSR count). The van der Waals surface area contributed by atoms with Gasteiger partial charge in [-0.25, -0.2) is 8.78 Å². The lowest BCUT2D eigenvalue weighted by atomic mass is 9.86. The predicted molar refractivity (Wildman–Crippen MR) is 117 cm³/mol. The molecule has 2 atom stereocenters. The minimum Gasteiger partial charge on any atom is -0.490 e. The Kier molecular flexibility index (Phi) is 6.67. The molecule has 3 N–H and O–H groups in total. The van der Waals surface area contributed by atoms with Crippen LogP contribution >= 0.6 is 0 Å². The first kappa shape index (κ1) is 22.9. The number of nitrogens with zero attached hydrogens (tertiary/aromatic N) is 2. The van der Waals surface area contributed by atoms with E-state index in [0.717, 1.165) is 5.69 Å². The van der Waals surface area contributed by atoms with Gasteiger partial charge in [0.2, 0.25) is 0 Å². The molecule has 0 saturated carbocycles. The van der Waals surface area contributed by atoms with Gasteiger partial charge in [-0.1, -0.05) is 6.07 Å². The third-order valence-corrected chi connectivity index (χ3v) is 6.52. The quantitative estimate of drug-likeness (QED) is 0.629. The molecule has 2 aliphatic rings. The molecule has 2 fully saturated rings. The van der Waals surface area contributed by atoms with Crippen molar-refractivity contribution in [2.24, 2.45) is 0 Å². The maximum absolute atomic E-state index is 13.5. The van der Waals surface area contributed by atoms with Gasteiger partial charge < -0.3 is 25.0 Å². The summed E-state index contributed by atoms with van der Waals surface area (Å²) in [7, 11) is 0. The summed E-state index contributed by atoms with van der Waals surface area (Å²) >= 11 is 0. The summed E-state index contributed by atoms with van der Waals surface area (Å²) in [6.45, 7) is 2.15. The number of hydrogen-bond donors (Lipinski definition) is 3. The maximum atomic E-state index is 13.5. The van der Waals surface area contributed by atoms with Crippen molar-refractivity contribution in [3.8, 4) is 5.75 Å². The average molecular weight is 449 g/mol. The highest BCUT2D eigenvalue weighted by Gasteiger charge is 2.44. The number of ether oxygens (including phenoxy) is 1. The molecule has 2 heterocycles. The number of aliphatic hydroxyl groups excluding tert-OH is 1. The average Bonchev–Trinajstić information content (AvgIpc) is 2.76. The predicted octanol–water partition coefficient (Wildman–Crippen LogP) is 2.17. The standard InChI is InChI=1S/C24H30F2N2O4/c25-18-4-6-21(7-5-18)32-17-24(31)16-27(11-8-22(24)29)15-23(30)9-12-28(13-10-23)20-3-1-2-19(26)14-20/h1-7,14,22,29-31H,8-13,15-17H2/t22-,24-/m0/s1. The summed E-state index contributed by atoms with van der Waals surface area (Å²) in [6, 6.07) is 11.9. The molecule has 174 valence electrons. The minimum absolute atomic E-state index is 0.137. The molecule has 8 heteroatoms. The van der Waals surface area contributed by atoms with E-state index >= 15 is 0 Å². The fraction of sp³-hybridized carbons (Fsp3) is 0.500. The van der Waals surface area contributed by atoms with Crippen molar-refractivity contribution in [1.29, 1.82) is 0 Å². The zero-order valence-corrected chi connectivity index (χ0v) is 18.0. The molecular weight excluding hydrogens is 418 g/mol. The smallest absolute Gasteiger partial charge is 0.137 e. The topological polar surface area (TPSA) is 76.4 Å². The van der Waals surface area contributed by atoms with Crippen LogP contribution in [0.25, 0.3) is 0 Å². The first-order chi connectivity index (χ1) is 15.2. The van der Waals surface area contributed by atoms with Crippen LogP contribution in [0.15, 0.2) is 48.5 Å². The van der Waals surface area contributed by atoms with Crippen molar-refractivity contribution in [2.75, 3.05) is 44.2 Å². The Balaban J connectivity index is 1.33. The second kappa shape index (κ2) is 9.31. The van der Waals surface area contributed by atoms with Crippen LogP contribution in [0.3, 0.4) is 0 Å². The van der Waals surface area contributed by atoms with E-state index in [-0.39, 0.29) is 24.8 Å². The largest absolute Gasteiger partial charge is 0.490 e. The number of anilines is 1. The fourth-order valence-electron chi connectivity index (χ4n) is 4.59. The van der Waals surface area contributed by atoms with Crippen LogP contribution in [-0.2, 0) is 0 Å². The van der Waals surface area contributed by atoms with Gasteiger partial charge in [0.05, 0.1) is 11.7 Å². The zero-order valence-electron chi connectivity index (χ0n) is 18.0. The first-order valence-corrected chi connectivity index (χ1v) is 11.0. The second-order valence-electron chi connectivity index (χ2n) is 9.05. The molecule has 0 aliphatic carbocycles. The lowest BCUT2D eigenvalue weighted by Crippen LogP contribution is -2.62. The fourth-order valence-corrected chi connectivity index (χ4v) is 4.59. The Morgan fingerprint density at radius 3 is 2.38 bits per heavy atom. The van der Waals surface area contributed by atoms with Crippen molar-refractivity contribution in [3.63, 3.8) is 0 Å². The number of hydrogen-bond acceptors (Lipinski definition) is 6. The third kappa shape index (κ3) is 5.38. The number of piperidine rings is 2. The summed E-state index contributed by atoms with van der Waals surface area (Å²) in [6.07, 6.45) is 0.443. The lowest BCUT2D eigenvalue weighted by molar-refractivity contribution is -0.149. The highest BCUT2D eigenvalue weighted by Crippen LogP contribution is 2.30. The first-order valence-electron chi connectivity index (χ1n) is 11.0. The molecule has 0 aromatic heterocycles. The molecule has 32 heavy (non-hydrogen) atoms. The second-order valence-corrected chi connectivity index (χ2v) is 9.05. The Labute approximate surface area is 186 Å². The van der Waals surface area contributed by atoms with E-state index in [2.05, 4.69) is 4.90 Å². The number of rotatable bonds is 6. The number of halogens is 2. The number of aliphatic hydroxyl groups is 3. The summed E-state index contributed by atoms with van der Waals surface area (Å²) in [4.78, 5) is 4.02. The molecule has 2 saturated heterocycles. The van der Waals surface area contributed by atoms with Gasteiger partial charge in [0.1, 0.15) is 29.6 Å². The van der Waals surface area contributed by atoms with Crippen molar-refractivity contribution in [3.05, 3.63) is 60.2 Å². The van der Waals surface area contributed by atoms with Crippen molar-refractivity contribution in [1.82, 2.24) is 4.90 Å². The molecule has 0 amide bonds. The van der Waals surface area contributed by atoms with Crippen LogP contribution in [-0.4, -0.2) is 76.9 Å². The Morgan fingerprint density at radius 2 is 1.69 bits per heavy atom. The lowest BCUT2D eigenvalue weighted by Gasteiger charge is -2.46. The van der Waals surface area contributed by atoms with Crippen LogP contribution in [0.2, 0.25) is 0 Å². The van der Waals surface area contributed by atoms with Gasteiger partial charge >= 0.3 is 0 Å². The van der Waals surface area contributed by atoms with Crippen molar-refractivity contribution < 1.29 is 28.8 Å². The molecule has 6 nitrogen and oxygen atoms in total.